The van der Waals surface area contributed by atoms with E-state index in [1.807, 2.05) is 23.1 Å². The zero-order valence-electron chi connectivity index (χ0n) is 15.4. The number of rotatable bonds is 4. The molecule has 0 bridgehead atoms. The topological polar surface area (TPSA) is 50.8 Å². The molecule has 0 radical (unpaired) electrons. The highest BCUT2D eigenvalue weighted by Gasteiger charge is 2.28. The van der Waals surface area contributed by atoms with Crippen molar-refractivity contribution in [2.24, 2.45) is 5.92 Å². The molecular formula is C20H25ClN2O3S. The van der Waals surface area contributed by atoms with E-state index in [1.54, 1.807) is 11.3 Å². The normalized spacial score (nSPS) is 18.5. The summed E-state index contributed by atoms with van der Waals surface area (Å²) in [5.41, 5.74) is 0.871. The van der Waals surface area contributed by atoms with E-state index in [2.05, 4.69) is 24.4 Å². The van der Waals surface area contributed by atoms with Gasteiger partial charge in [-0.1, -0.05) is 0 Å². The fourth-order valence-corrected chi connectivity index (χ4v) is 4.38. The Hall–Kier alpha value is -1.76. The number of aryl methyl sites for hydroxylation is 1. The Kier molecular flexibility index (Phi) is 6.63. The van der Waals surface area contributed by atoms with Crippen LogP contribution in [0.2, 0.25) is 0 Å². The molecule has 1 saturated heterocycles. The van der Waals surface area contributed by atoms with E-state index >= 15 is 0 Å². The number of halogens is 1. The van der Waals surface area contributed by atoms with Gasteiger partial charge in [0, 0.05) is 28.1 Å². The number of thiophene rings is 1. The van der Waals surface area contributed by atoms with Gasteiger partial charge in [0.25, 0.3) is 0 Å². The number of nitrogens with one attached hydrogen (secondary N) is 1. The monoisotopic (exact) mass is 408 g/mol. The van der Waals surface area contributed by atoms with Crippen molar-refractivity contribution in [3.63, 3.8) is 0 Å². The Morgan fingerprint density at radius 3 is 2.74 bits per heavy atom. The van der Waals surface area contributed by atoms with E-state index in [4.69, 9.17) is 9.47 Å². The maximum atomic E-state index is 13.3. The quantitative estimate of drug-likeness (QED) is 0.836. The lowest BCUT2D eigenvalue weighted by Gasteiger charge is -2.30. The minimum absolute atomic E-state index is 0. The molecule has 4 rings (SSSR count). The predicted octanol–water partition coefficient (Wildman–Crippen LogP) is 3.78. The molecule has 3 heterocycles. The fraction of sp³-hybridized carbons (Fsp3) is 0.450. The number of hydrogen-bond acceptors (Lipinski definition) is 5. The van der Waals surface area contributed by atoms with Crippen molar-refractivity contribution >= 4 is 35.3 Å². The number of nitrogens with zero attached hydrogens (tertiary/aromatic N) is 1. The first-order valence-electron chi connectivity index (χ1n) is 9.18. The molecule has 1 N–H and O–H groups in total. The molecule has 0 saturated carbocycles. The van der Waals surface area contributed by atoms with Gasteiger partial charge in [0.15, 0.2) is 11.5 Å². The lowest BCUT2D eigenvalue weighted by molar-refractivity contribution is -0.123. The molecule has 1 fully saturated rings. The van der Waals surface area contributed by atoms with Gasteiger partial charge >= 0.3 is 0 Å². The second kappa shape index (κ2) is 8.95. The summed E-state index contributed by atoms with van der Waals surface area (Å²) in [5.74, 6) is 1.67. The van der Waals surface area contributed by atoms with Crippen molar-refractivity contribution in [3.05, 3.63) is 40.1 Å². The fourth-order valence-electron chi connectivity index (χ4n) is 3.51. The molecule has 1 unspecified atom stereocenters. The zero-order valence-corrected chi connectivity index (χ0v) is 17.0. The van der Waals surface area contributed by atoms with E-state index in [1.165, 1.54) is 9.75 Å². The first-order valence-corrected chi connectivity index (χ1v) is 9.99. The second-order valence-corrected chi connectivity index (χ2v) is 8.18. The molecule has 146 valence electrons. The van der Waals surface area contributed by atoms with Crippen LogP contribution in [0.5, 0.6) is 11.5 Å². The van der Waals surface area contributed by atoms with Crippen LogP contribution in [0, 0.1) is 12.8 Å². The molecule has 1 atom stereocenters. The number of carbonyl (C=O) groups is 1. The van der Waals surface area contributed by atoms with Gasteiger partial charge in [-0.2, -0.15) is 0 Å². The summed E-state index contributed by atoms with van der Waals surface area (Å²) in [6.45, 7) is 5.54. The summed E-state index contributed by atoms with van der Waals surface area (Å²) in [7, 11) is 0. The number of benzene rings is 1. The molecule has 1 aromatic carbocycles. The SMILES string of the molecule is Cc1ccc(CN(C(=O)C2CCCNC2)c2ccc3c(c2)OCCO3)s1.Cl. The molecule has 27 heavy (non-hydrogen) atoms. The van der Waals surface area contributed by atoms with Crippen molar-refractivity contribution in [3.8, 4) is 11.5 Å². The number of piperidine rings is 1. The van der Waals surface area contributed by atoms with Gasteiger partial charge < -0.3 is 19.7 Å². The lowest BCUT2D eigenvalue weighted by atomic mass is 9.97. The van der Waals surface area contributed by atoms with Crippen molar-refractivity contribution in [1.82, 2.24) is 5.32 Å². The summed E-state index contributed by atoms with van der Waals surface area (Å²) < 4.78 is 11.3. The first-order chi connectivity index (χ1) is 12.7. The Morgan fingerprint density at radius 2 is 2.04 bits per heavy atom. The third kappa shape index (κ3) is 4.57. The van der Waals surface area contributed by atoms with E-state index in [-0.39, 0.29) is 24.2 Å². The van der Waals surface area contributed by atoms with Gasteiger partial charge in [-0.3, -0.25) is 4.79 Å². The molecule has 0 aliphatic carbocycles. The van der Waals surface area contributed by atoms with Gasteiger partial charge in [-0.05, 0) is 50.6 Å². The molecule has 2 aromatic rings. The molecule has 2 aliphatic rings. The van der Waals surface area contributed by atoms with Crippen LogP contribution >= 0.6 is 23.7 Å². The molecule has 1 aromatic heterocycles. The highest BCUT2D eigenvalue weighted by Crippen LogP contribution is 2.35. The van der Waals surface area contributed by atoms with Crippen LogP contribution in [-0.4, -0.2) is 32.2 Å². The van der Waals surface area contributed by atoms with Gasteiger partial charge in [-0.25, -0.2) is 0 Å². The first kappa shape index (κ1) is 20.0. The van der Waals surface area contributed by atoms with Crippen LogP contribution in [0.3, 0.4) is 0 Å². The molecule has 2 aliphatic heterocycles. The Balaban J connectivity index is 0.00000210. The Bertz CT molecular complexity index is 789. The average Bonchev–Trinajstić information content (AvgIpc) is 3.11. The summed E-state index contributed by atoms with van der Waals surface area (Å²) in [6, 6.07) is 10.0. The van der Waals surface area contributed by atoms with Gasteiger partial charge in [-0.15, -0.1) is 23.7 Å². The summed E-state index contributed by atoms with van der Waals surface area (Å²) in [5, 5.41) is 3.35. The number of ether oxygens (including phenoxy) is 2. The highest BCUT2D eigenvalue weighted by atomic mass is 35.5. The molecule has 0 spiro atoms. The van der Waals surface area contributed by atoms with Crippen LogP contribution in [0.4, 0.5) is 5.69 Å². The van der Waals surface area contributed by atoms with Crippen LogP contribution in [0.25, 0.3) is 0 Å². The van der Waals surface area contributed by atoms with E-state index in [9.17, 15) is 4.79 Å². The predicted molar refractivity (Wildman–Crippen MR) is 111 cm³/mol. The number of fused-ring (bicyclic) bond motifs is 1. The standard InChI is InChI=1S/C20H24N2O3S.ClH/c1-14-4-6-17(26-14)13-22(20(23)15-3-2-8-21-12-15)16-5-7-18-19(11-16)25-10-9-24-18;/h4-7,11,15,21H,2-3,8-10,12-13H2,1H3;1H. The average molecular weight is 409 g/mol. The summed E-state index contributed by atoms with van der Waals surface area (Å²) in [4.78, 5) is 17.6. The lowest BCUT2D eigenvalue weighted by Crippen LogP contribution is -2.42. The minimum Gasteiger partial charge on any atom is -0.486 e. The molecule has 1 amide bonds. The van der Waals surface area contributed by atoms with E-state index < -0.39 is 0 Å². The number of carbonyl (C=O) groups excluding carboxylic acids is 1. The zero-order chi connectivity index (χ0) is 17.9. The van der Waals surface area contributed by atoms with Gasteiger partial charge in [0.1, 0.15) is 13.2 Å². The largest absolute Gasteiger partial charge is 0.486 e. The maximum absolute atomic E-state index is 13.3. The number of anilines is 1. The second-order valence-electron chi connectivity index (χ2n) is 6.81. The maximum Gasteiger partial charge on any atom is 0.231 e. The van der Waals surface area contributed by atoms with Crippen molar-refractivity contribution in [2.45, 2.75) is 26.3 Å². The molecular weight excluding hydrogens is 384 g/mol. The van der Waals surface area contributed by atoms with Crippen LogP contribution in [0.1, 0.15) is 22.6 Å². The third-order valence-corrected chi connectivity index (χ3v) is 5.84. The van der Waals surface area contributed by atoms with Crippen LogP contribution in [0.15, 0.2) is 30.3 Å². The number of amides is 1. The smallest absolute Gasteiger partial charge is 0.231 e. The molecule has 7 heteroatoms. The van der Waals surface area contributed by atoms with Gasteiger partial charge in [0.2, 0.25) is 5.91 Å². The van der Waals surface area contributed by atoms with E-state index in [0.717, 1.165) is 43.1 Å². The highest BCUT2D eigenvalue weighted by molar-refractivity contribution is 7.11. The van der Waals surface area contributed by atoms with Gasteiger partial charge in [0.05, 0.1) is 12.5 Å². The van der Waals surface area contributed by atoms with Crippen LogP contribution in [-0.2, 0) is 11.3 Å². The summed E-state index contributed by atoms with van der Waals surface area (Å²) >= 11 is 1.74. The van der Waals surface area contributed by atoms with E-state index in [0.29, 0.717) is 19.8 Å². The van der Waals surface area contributed by atoms with Crippen molar-refractivity contribution < 1.29 is 14.3 Å². The van der Waals surface area contributed by atoms with Crippen molar-refractivity contribution in [2.75, 3.05) is 31.2 Å². The third-order valence-electron chi connectivity index (χ3n) is 4.86. The Morgan fingerprint density at radius 1 is 1.22 bits per heavy atom. The molecule has 5 nitrogen and oxygen atoms in total. The summed E-state index contributed by atoms with van der Waals surface area (Å²) in [6.07, 6.45) is 1.99. The minimum atomic E-state index is 0. The van der Waals surface area contributed by atoms with Crippen molar-refractivity contribution in [1.29, 1.82) is 0 Å². The van der Waals surface area contributed by atoms with Crippen LogP contribution < -0.4 is 19.7 Å². The Labute approximate surface area is 170 Å². The number of hydrogen-bond donors (Lipinski definition) is 1.